The molecule has 1 amide bonds. The number of non-ortho nitro benzene ring substituents is 1. The molecule has 1 heterocycles. The number of nitrogens with one attached hydrogen (secondary N) is 1. The maximum atomic E-state index is 13.3. The molecular weight excluding hydrogens is 389 g/mol. The van der Waals surface area contributed by atoms with E-state index in [0.717, 1.165) is 12.1 Å². The molecule has 1 atom stereocenters. The Kier molecular flexibility index (Phi) is 5.71. The van der Waals surface area contributed by atoms with Crippen molar-refractivity contribution >= 4 is 21.6 Å². The number of sulfonamides is 1. The molecule has 0 radical (unpaired) electrons. The van der Waals surface area contributed by atoms with Gasteiger partial charge in [-0.15, -0.1) is 0 Å². The van der Waals surface area contributed by atoms with Gasteiger partial charge in [0.2, 0.25) is 10.0 Å². The molecule has 148 valence electrons. The Morgan fingerprint density at radius 3 is 2.57 bits per heavy atom. The molecule has 1 unspecified atom stereocenters. The Balaban J connectivity index is 1.69. The summed E-state index contributed by atoms with van der Waals surface area (Å²) in [6, 6.07) is 9.45. The summed E-state index contributed by atoms with van der Waals surface area (Å²) in [4.78, 5) is 24.1. The molecule has 1 fully saturated rings. The van der Waals surface area contributed by atoms with Crippen LogP contribution in [-0.2, 0) is 10.0 Å². The molecule has 0 bridgehead atoms. The number of piperidine rings is 1. The summed E-state index contributed by atoms with van der Waals surface area (Å²) in [5.41, 5.74) is 0.176. The predicted octanol–water partition coefficient (Wildman–Crippen LogP) is 2.32. The second-order valence-electron chi connectivity index (χ2n) is 6.47. The zero-order valence-corrected chi connectivity index (χ0v) is 15.6. The highest BCUT2D eigenvalue weighted by Gasteiger charge is 2.28. The van der Waals surface area contributed by atoms with Crippen LogP contribution in [0.5, 0.6) is 0 Å². The molecule has 0 saturated carbocycles. The number of nitro groups is 1. The Morgan fingerprint density at radius 2 is 1.93 bits per heavy atom. The molecule has 2 aromatic rings. The fourth-order valence-corrected chi connectivity index (χ4v) is 4.38. The van der Waals surface area contributed by atoms with Crippen molar-refractivity contribution in [2.24, 2.45) is 0 Å². The largest absolute Gasteiger partial charge is 0.337 e. The Hall–Kier alpha value is -2.85. The van der Waals surface area contributed by atoms with Crippen LogP contribution in [0.25, 0.3) is 0 Å². The average molecular weight is 407 g/mol. The lowest BCUT2D eigenvalue weighted by molar-refractivity contribution is -0.384. The van der Waals surface area contributed by atoms with E-state index >= 15 is 0 Å². The van der Waals surface area contributed by atoms with E-state index in [1.165, 1.54) is 41.3 Å². The van der Waals surface area contributed by atoms with Gasteiger partial charge in [0.1, 0.15) is 5.82 Å². The third-order valence-corrected chi connectivity index (χ3v) is 5.98. The summed E-state index contributed by atoms with van der Waals surface area (Å²) in [7, 11) is -3.91. The topological polar surface area (TPSA) is 110 Å². The van der Waals surface area contributed by atoms with Gasteiger partial charge in [-0.25, -0.2) is 17.5 Å². The van der Waals surface area contributed by atoms with Gasteiger partial charge < -0.3 is 4.90 Å². The number of hydrogen-bond donors (Lipinski definition) is 1. The van der Waals surface area contributed by atoms with E-state index in [-0.39, 0.29) is 23.0 Å². The molecular formula is C18H18FN3O5S. The van der Waals surface area contributed by atoms with E-state index < -0.39 is 26.8 Å². The zero-order chi connectivity index (χ0) is 20.3. The lowest BCUT2D eigenvalue weighted by Crippen LogP contribution is -2.49. The van der Waals surface area contributed by atoms with Gasteiger partial charge in [-0.3, -0.25) is 14.9 Å². The normalized spacial score (nSPS) is 17.3. The second kappa shape index (κ2) is 8.03. The first-order valence-electron chi connectivity index (χ1n) is 8.58. The minimum atomic E-state index is -3.91. The summed E-state index contributed by atoms with van der Waals surface area (Å²) in [5.74, 6) is -0.981. The van der Waals surface area contributed by atoms with Crippen LogP contribution in [0.3, 0.4) is 0 Å². The summed E-state index contributed by atoms with van der Waals surface area (Å²) in [5, 5.41) is 10.7. The maximum Gasteiger partial charge on any atom is 0.269 e. The predicted molar refractivity (Wildman–Crippen MR) is 98.7 cm³/mol. The number of nitrogens with zero attached hydrogens (tertiary/aromatic N) is 2. The fourth-order valence-electron chi connectivity index (χ4n) is 3.09. The second-order valence-corrected chi connectivity index (χ2v) is 8.19. The van der Waals surface area contributed by atoms with Crippen LogP contribution in [0.2, 0.25) is 0 Å². The van der Waals surface area contributed by atoms with Crippen molar-refractivity contribution in [1.29, 1.82) is 0 Å². The SMILES string of the molecule is O=C(c1ccc([N+](=O)[O-])cc1)N1CCCC(NS(=O)(=O)c2cccc(F)c2)C1. The van der Waals surface area contributed by atoms with E-state index in [0.29, 0.717) is 24.9 Å². The van der Waals surface area contributed by atoms with Gasteiger partial charge in [-0.2, -0.15) is 0 Å². The number of carbonyl (C=O) groups is 1. The molecule has 28 heavy (non-hydrogen) atoms. The molecule has 1 aliphatic heterocycles. The standard InChI is InChI=1S/C18H18FN3O5S/c19-14-3-1-5-17(11-14)28(26,27)20-15-4-2-10-21(12-15)18(23)13-6-8-16(9-7-13)22(24)25/h1,3,5-9,11,15,20H,2,4,10,12H2. The summed E-state index contributed by atoms with van der Waals surface area (Å²) in [6.07, 6.45) is 1.13. The molecule has 0 spiro atoms. The highest BCUT2D eigenvalue weighted by atomic mass is 32.2. The van der Waals surface area contributed by atoms with Gasteiger partial charge in [0.05, 0.1) is 9.82 Å². The molecule has 1 aliphatic rings. The van der Waals surface area contributed by atoms with Crippen LogP contribution in [0.1, 0.15) is 23.2 Å². The third kappa shape index (κ3) is 4.52. The van der Waals surface area contributed by atoms with Gasteiger partial charge in [0.15, 0.2) is 0 Å². The van der Waals surface area contributed by atoms with Crippen LogP contribution in [-0.4, -0.2) is 43.3 Å². The smallest absolute Gasteiger partial charge is 0.269 e. The van der Waals surface area contributed by atoms with Crippen LogP contribution in [0.4, 0.5) is 10.1 Å². The summed E-state index contributed by atoms with van der Waals surface area (Å²) < 4.78 is 40.8. The molecule has 0 aromatic heterocycles. The monoisotopic (exact) mass is 407 g/mol. The number of likely N-dealkylation sites (tertiary alicyclic amines) is 1. The molecule has 1 N–H and O–H groups in total. The Labute approximate surface area is 161 Å². The number of halogens is 1. The highest BCUT2D eigenvalue weighted by molar-refractivity contribution is 7.89. The minimum absolute atomic E-state index is 0.115. The zero-order valence-electron chi connectivity index (χ0n) is 14.7. The van der Waals surface area contributed by atoms with Crippen LogP contribution in [0, 0.1) is 15.9 Å². The number of nitro benzene ring substituents is 1. The highest BCUT2D eigenvalue weighted by Crippen LogP contribution is 2.19. The molecule has 3 rings (SSSR count). The average Bonchev–Trinajstić information content (AvgIpc) is 2.67. The first kappa shape index (κ1) is 19.9. The Bertz CT molecular complexity index is 995. The van der Waals surface area contributed by atoms with Gasteiger partial charge >= 0.3 is 0 Å². The first-order valence-corrected chi connectivity index (χ1v) is 10.1. The van der Waals surface area contributed by atoms with Gasteiger partial charge in [-0.1, -0.05) is 6.07 Å². The molecule has 8 nitrogen and oxygen atoms in total. The van der Waals surface area contributed by atoms with Crippen molar-refractivity contribution in [3.63, 3.8) is 0 Å². The van der Waals surface area contributed by atoms with E-state index in [4.69, 9.17) is 0 Å². The number of carbonyl (C=O) groups excluding carboxylic acids is 1. The number of rotatable bonds is 5. The van der Waals surface area contributed by atoms with Crippen molar-refractivity contribution in [3.8, 4) is 0 Å². The van der Waals surface area contributed by atoms with E-state index in [9.17, 15) is 27.7 Å². The Morgan fingerprint density at radius 1 is 1.21 bits per heavy atom. The maximum absolute atomic E-state index is 13.3. The van der Waals surface area contributed by atoms with Crippen molar-refractivity contribution in [3.05, 3.63) is 70.0 Å². The lowest BCUT2D eigenvalue weighted by Gasteiger charge is -2.33. The van der Waals surface area contributed by atoms with E-state index in [1.54, 1.807) is 0 Å². The molecule has 10 heteroatoms. The summed E-state index contributed by atoms with van der Waals surface area (Å²) >= 11 is 0. The molecule has 2 aromatic carbocycles. The van der Waals surface area contributed by atoms with E-state index in [1.807, 2.05) is 0 Å². The summed E-state index contributed by atoms with van der Waals surface area (Å²) in [6.45, 7) is 0.610. The van der Waals surface area contributed by atoms with Crippen molar-refractivity contribution in [2.75, 3.05) is 13.1 Å². The van der Waals surface area contributed by atoms with E-state index in [2.05, 4.69) is 4.72 Å². The van der Waals surface area contributed by atoms with Gasteiger partial charge in [0.25, 0.3) is 11.6 Å². The van der Waals surface area contributed by atoms with Crippen molar-refractivity contribution in [2.45, 2.75) is 23.8 Å². The fraction of sp³-hybridized carbons (Fsp3) is 0.278. The quantitative estimate of drug-likeness (QED) is 0.604. The molecule has 0 aliphatic carbocycles. The van der Waals surface area contributed by atoms with Crippen molar-refractivity contribution in [1.82, 2.24) is 9.62 Å². The van der Waals surface area contributed by atoms with Gasteiger partial charge in [-0.05, 0) is 43.2 Å². The molecule has 1 saturated heterocycles. The lowest BCUT2D eigenvalue weighted by atomic mass is 10.1. The van der Waals surface area contributed by atoms with Crippen LogP contribution >= 0.6 is 0 Å². The number of hydrogen-bond acceptors (Lipinski definition) is 5. The minimum Gasteiger partial charge on any atom is -0.337 e. The third-order valence-electron chi connectivity index (χ3n) is 4.46. The van der Waals surface area contributed by atoms with Crippen LogP contribution < -0.4 is 4.72 Å². The number of benzene rings is 2. The van der Waals surface area contributed by atoms with Crippen LogP contribution in [0.15, 0.2) is 53.4 Å². The number of amides is 1. The first-order chi connectivity index (χ1) is 13.3. The van der Waals surface area contributed by atoms with Gasteiger partial charge in [0, 0.05) is 36.8 Å². The van der Waals surface area contributed by atoms with Crippen molar-refractivity contribution < 1.29 is 22.5 Å².